The molecule has 0 aliphatic rings. The quantitative estimate of drug-likeness (QED) is 0.871. The maximum Gasteiger partial charge on any atom is 0.310 e. The Morgan fingerprint density at radius 2 is 1.85 bits per heavy atom. The second kappa shape index (κ2) is 6.44. The summed E-state index contributed by atoms with van der Waals surface area (Å²) in [6.07, 6.45) is 0.142. The van der Waals surface area contributed by atoms with Crippen LogP contribution >= 0.6 is 11.6 Å². The first-order chi connectivity index (χ1) is 9.58. The number of phenolic OH excluding ortho intramolecular Hbond substituents is 1. The van der Waals surface area contributed by atoms with Gasteiger partial charge in [0.25, 0.3) is 0 Å². The third-order valence-electron chi connectivity index (χ3n) is 2.81. The first-order valence-corrected chi connectivity index (χ1v) is 6.71. The molecule has 0 radical (unpaired) electrons. The zero-order valence-corrected chi connectivity index (χ0v) is 11.9. The molecule has 0 aliphatic carbocycles. The molecule has 4 heteroatoms. The van der Waals surface area contributed by atoms with Gasteiger partial charge in [-0.2, -0.15) is 0 Å². The lowest BCUT2D eigenvalue weighted by Gasteiger charge is -2.07. The molecule has 0 saturated carbocycles. The minimum Gasteiger partial charge on any atom is -0.508 e. The summed E-state index contributed by atoms with van der Waals surface area (Å²) in [4.78, 5) is 11.5. The fourth-order valence-electron chi connectivity index (χ4n) is 1.96. The van der Waals surface area contributed by atoms with Crippen molar-refractivity contribution in [1.82, 2.24) is 0 Å². The number of rotatable bonds is 4. The van der Waals surface area contributed by atoms with Crippen LogP contribution in [0.2, 0.25) is 5.02 Å². The Morgan fingerprint density at radius 1 is 1.15 bits per heavy atom. The van der Waals surface area contributed by atoms with E-state index in [1.807, 2.05) is 18.2 Å². The first-order valence-electron chi connectivity index (χ1n) is 6.33. The number of halogens is 1. The van der Waals surface area contributed by atoms with Gasteiger partial charge < -0.3 is 9.84 Å². The summed E-state index contributed by atoms with van der Waals surface area (Å²) in [6.45, 7) is 2.11. The third kappa shape index (κ3) is 3.75. The van der Waals surface area contributed by atoms with Gasteiger partial charge in [-0.05, 0) is 47.9 Å². The highest BCUT2D eigenvalue weighted by molar-refractivity contribution is 6.30. The summed E-state index contributed by atoms with van der Waals surface area (Å²) in [7, 11) is 0. The maximum absolute atomic E-state index is 11.5. The first kappa shape index (κ1) is 14.4. The molecule has 0 saturated heterocycles. The van der Waals surface area contributed by atoms with E-state index < -0.39 is 0 Å². The van der Waals surface area contributed by atoms with Crippen molar-refractivity contribution in [2.45, 2.75) is 13.3 Å². The normalized spacial score (nSPS) is 10.3. The lowest BCUT2D eigenvalue weighted by atomic mass is 10.0. The molecule has 0 spiro atoms. The lowest BCUT2D eigenvalue weighted by Crippen LogP contribution is -2.07. The molecular formula is C16H15ClO3. The Balaban J connectivity index is 2.28. The predicted molar refractivity (Wildman–Crippen MR) is 78.9 cm³/mol. The molecule has 0 aromatic heterocycles. The highest BCUT2D eigenvalue weighted by Crippen LogP contribution is 2.27. The second-order valence-electron chi connectivity index (χ2n) is 4.38. The number of carbonyl (C=O) groups excluding carboxylic acids is 1. The highest BCUT2D eigenvalue weighted by Gasteiger charge is 2.08. The number of benzene rings is 2. The number of aromatic hydroxyl groups is 1. The number of esters is 1. The van der Waals surface area contributed by atoms with E-state index in [0.29, 0.717) is 17.2 Å². The Morgan fingerprint density at radius 3 is 2.50 bits per heavy atom. The highest BCUT2D eigenvalue weighted by atomic mass is 35.5. The Labute approximate surface area is 122 Å². The molecule has 0 atom stereocenters. The topological polar surface area (TPSA) is 46.5 Å². The molecule has 0 aliphatic heterocycles. The smallest absolute Gasteiger partial charge is 0.310 e. The van der Waals surface area contributed by atoms with E-state index in [2.05, 4.69) is 0 Å². The van der Waals surface area contributed by atoms with Crippen LogP contribution in [0.4, 0.5) is 0 Å². The number of phenols is 1. The molecule has 0 amide bonds. The fourth-order valence-corrected chi connectivity index (χ4v) is 2.09. The Hall–Kier alpha value is -2.00. The van der Waals surface area contributed by atoms with Gasteiger partial charge in [-0.3, -0.25) is 4.79 Å². The molecule has 2 rings (SSSR count). The molecule has 0 bridgehead atoms. The van der Waals surface area contributed by atoms with Gasteiger partial charge in [-0.1, -0.05) is 29.8 Å². The van der Waals surface area contributed by atoms with Crippen LogP contribution in [-0.2, 0) is 16.0 Å². The van der Waals surface area contributed by atoms with Crippen LogP contribution in [0.5, 0.6) is 5.75 Å². The van der Waals surface area contributed by atoms with Gasteiger partial charge in [0.1, 0.15) is 5.75 Å². The van der Waals surface area contributed by atoms with E-state index in [-0.39, 0.29) is 18.1 Å². The summed E-state index contributed by atoms with van der Waals surface area (Å²) in [5, 5.41) is 10.4. The van der Waals surface area contributed by atoms with Crippen LogP contribution in [0, 0.1) is 0 Å². The van der Waals surface area contributed by atoms with E-state index in [1.54, 1.807) is 31.2 Å². The van der Waals surface area contributed by atoms with E-state index in [0.717, 1.165) is 11.1 Å². The van der Waals surface area contributed by atoms with Crippen molar-refractivity contribution in [3.63, 3.8) is 0 Å². The number of hydrogen-bond donors (Lipinski definition) is 1. The largest absolute Gasteiger partial charge is 0.508 e. The van der Waals surface area contributed by atoms with Crippen LogP contribution in [0.25, 0.3) is 11.1 Å². The molecule has 0 unspecified atom stereocenters. The van der Waals surface area contributed by atoms with Crippen molar-refractivity contribution in [1.29, 1.82) is 0 Å². The number of ether oxygens (including phenoxy) is 1. The van der Waals surface area contributed by atoms with Crippen molar-refractivity contribution in [2.75, 3.05) is 6.61 Å². The monoisotopic (exact) mass is 290 g/mol. The summed E-state index contributed by atoms with van der Waals surface area (Å²) in [5.41, 5.74) is 2.48. The molecule has 3 nitrogen and oxygen atoms in total. The summed E-state index contributed by atoms with van der Waals surface area (Å²) < 4.78 is 4.91. The molecule has 1 N–H and O–H groups in total. The number of hydrogen-bond acceptors (Lipinski definition) is 3. The minimum absolute atomic E-state index is 0.122. The average molecular weight is 291 g/mol. The predicted octanol–water partition coefficient (Wildman–Crippen LogP) is 3.82. The van der Waals surface area contributed by atoms with Gasteiger partial charge in [-0.15, -0.1) is 0 Å². The minimum atomic E-state index is -0.305. The van der Waals surface area contributed by atoms with Crippen molar-refractivity contribution >= 4 is 17.6 Å². The summed E-state index contributed by atoms with van der Waals surface area (Å²) in [6, 6.07) is 12.4. The van der Waals surface area contributed by atoms with Gasteiger partial charge in [0.05, 0.1) is 13.0 Å². The van der Waals surface area contributed by atoms with E-state index in [4.69, 9.17) is 16.3 Å². The second-order valence-corrected chi connectivity index (χ2v) is 4.81. The summed E-state index contributed by atoms with van der Waals surface area (Å²) >= 11 is 5.85. The standard InChI is InChI=1S/C16H15ClO3/c1-2-20-16(19)9-11-7-13(10-15(18)8-11)12-3-5-14(17)6-4-12/h3-8,10,18H,2,9H2,1H3. The van der Waals surface area contributed by atoms with Gasteiger partial charge in [-0.25, -0.2) is 0 Å². The zero-order valence-electron chi connectivity index (χ0n) is 11.1. The molecular weight excluding hydrogens is 276 g/mol. The van der Waals surface area contributed by atoms with E-state index in [1.165, 1.54) is 0 Å². The Bertz CT molecular complexity index is 606. The van der Waals surface area contributed by atoms with Gasteiger partial charge in [0.15, 0.2) is 0 Å². The van der Waals surface area contributed by atoms with E-state index in [9.17, 15) is 9.90 Å². The third-order valence-corrected chi connectivity index (χ3v) is 3.06. The van der Waals surface area contributed by atoms with E-state index >= 15 is 0 Å². The SMILES string of the molecule is CCOC(=O)Cc1cc(O)cc(-c2ccc(Cl)cc2)c1. The van der Waals surface area contributed by atoms with Crippen molar-refractivity contribution in [3.05, 3.63) is 53.1 Å². The van der Waals surface area contributed by atoms with Crippen LogP contribution in [0.3, 0.4) is 0 Å². The van der Waals surface area contributed by atoms with Gasteiger partial charge >= 0.3 is 5.97 Å². The molecule has 0 fully saturated rings. The van der Waals surface area contributed by atoms with Gasteiger partial charge in [0.2, 0.25) is 0 Å². The van der Waals surface area contributed by atoms with Crippen LogP contribution in [-0.4, -0.2) is 17.7 Å². The average Bonchev–Trinajstić information content (AvgIpc) is 2.39. The molecule has 0 heterocycles. The maximum atomic E-state index is 11.5. The van der Waals surface area contributed by atoms with Crippen molar-refractivity contribution < 1.29 is 14.6 Å². The fraction of sp³-hybridized carbons (Fsp3) is 0.188. The zero-order chi connectivity index (χ0) is 14.5. The van der Waals surface area contributed by atoms with Gasteiger partial charge in [0, 0.05) is 5.02 Å². The van der Waals surface area contributed by atoms with Crippen LogP contribution in [0.1, 0.15) is 12.5 Å². The number of carbonyl (C=O) groups is 1. The molecule has 20 heavy (non-hydrogen) atoms. The van der Waals surface area contributed by atoms with Crippen molar-refractivity contribution in [2.24, 2.45) is 0 Å². The molecule has 2 aromatic rings. The lowest BCUT2D eigenvalue weighted by molar-refractivity contribution is -0.142. The van der Waals surface area contributed by atoms with Crippen LogP contribution < -0.4 is 0 Å². The Kier molecular flexibility index (Phi) is 4.64. The van der Waals surface area contributed by atoms with Crippen molar-refractivity contribution in [3.8, 4) is 16.9 Å². The molecule has 2 aromatic carbocycles. The van der Waals surface area contributed by atoms with Crippen LogP contribution in [0.15, 0.2) is 42.5 Å². The summed E-state index contributed by atoms with van der Waals surface area (Å²) in [5.74, 6) is -0.183. The molecule has 104 valence electrons.